The third-order valence-corrected chi connectivity index (χ3v) is 2.04. The molecule has 0 atom stereocenters. The second-order valence-electron chi connectivity index (χ2n) is 4.12. The van der Waals surface area contributed by atoms with Gasteiger partial charge in [0.2, 0.25) is 0 Å². The average molecular weight is 225 g/mol. The maximum atomic E-state index is 11.2. The Kier molecular flexibility index (Phi) is 4.95. The molecule has 5 nitrogen and oxygen atoms in total. The average Bonchev–Trinajstić information content (AvgIpc) is 2.58. The first-order valence-electron chi connectivity index (χ1n) is 5.64. The Bertz CT molecular complexity index is 334. The smallest absolute Gasteiger partial charge is 0.306 e. The van der Waals surface area contributed by atoms with Crippen molar-refractivity contribution in [3.63, 3.8) is 0 Å². The van der Waals surface area contributed by atoms with Crippen LogP contribution in [0.25, 0.3) is 0 Å². The molecule has 0 N–H and O–H groups in total. The zero-order valence-electron chi connectivity index (χ0n) is 10.1. The van der Waals surface area contributed by atoms with E-state index in [0.717, 1.165) is 25.1 Å². The Hall–Kier alpha value is -1.39. The van der Waals surface area contributed by atoms with Crippen LogP contribution in [0.1, 0.15) is 38.8 Å². The highest BCUT2D eigenvalue weighted by Gasteiger charge is 2.04. The molecule has 0 aliphatic carbocycles. The number of ether oxygens (including phenoxy) is 1. The fraction of sp³-hybridized carbons (Fsp3) is 0.727. The Labute approximate surface area is 95.8 Å². The Morgan fingerprint density at radius 1 is 1.50 bits per heavy atom. The normalized spacial score (nSPS) is 10.8. The summed E-state index contributed by atoms with van der Waals surface area (Å²) in [6.45, 7) is 6.42. The molecule has 0 saturated heterocycles. The second kappa shape index (κ2) is 6.25. The first-order valence-corrected chi connectivity index (χ1v) is 5.64. The van der Waals surface area contributed by atoms with Crippen molar-refractivity contribution in [2.24, 2.45) is 0 Å². The van der Waals surface area contributed by atoms with Crippen molar-refractivity contribution in [3.05, 3.63) is 11.9 Å². The topological polar surface area (TPSA) is 57.0 Å². The van der Waals surface area contributed by atoms with E-state index in [1.54, 1.807) is 4.68 Å². The van der Waals surface area contributed by atoms with E-state index in [4.69, 9.17) is 4.74 Å². The zero-order valence-corrected chi connectivity index (χ0v) is 10.1. The highest BCUT2D eigenvalue weighted by atomic mass is 16.5. The molecule has 0 aromatic carbocycles. The molecule has 1 rings (SSSR count). The van der Waals surface area contributed by atoms with Crippen LogP contribution in [0.2, 0.25) is 0 Å². The van der Waals surface area contributed by atoms with Gasteiger partial charge in [0.25, 0.3) is 0 Å². The van der Waals surface area contributed by atoms with Crippen LogP contribution in [0.5, 0.6) is 0 Å². The van der Waals surface area contributed by atoms with Crippen LogP contribution in [0.3, 0.4) is 0 Å². The van der Waals surface area contributed by atoms with Gasteiger partial charge in [0.1, 0.15) is 0 Å². The summed E-state index contributed by atoms with van der Waals surface area (Å²) >= 11 is 0. The molecular weight excluding hydrogens is 206 g/mol. The van der Waals surface area contributed by atoms with Crippen LogP contribution in [-0.4, -0.2) is 27.1 Å². The van der Waals surface area contributed by atoms with Crippen LogP contribution >= 0.6 is 0 Å². The molecule has 0 aliphatic rings. The van der Waals surface area contributed by atoms with Gasteiger partial charge in [0.05, 0.1) is 11.8 Å². The molecule has 0 fully saturated rings. The van der Waals surface area contributed by atoms with E-state index in [9.17, 15) is 4.79 Å². The maximum Gasteiger partial charge on any atom is 0.306 e. The number of carbonyl (C=O) groups excluding carboxylic acids is 1. The van der Waals surface area contributed by atoms with Gasteiger partial charge in [0, 0.05) is 19.2 Å². The molecule has 1 heterocycles. The van der Waals surface area contributed by atoms with Crippen molar-refractivity contribution in [3.8, 4) is 0 Å². The monoisotopic (exact) mass is 225 g/mol. The van der Waals surface area contributed by atoms with Gasteiger partial charge in [-0.05, 0) is 33.6 Å². The lowest BCUT2D eigenvalue weighted by molar-refractivity contribution is -0.147. The SMILES string of the molecule is Cc1cn(CCCCC(=O)OC(C)C)nn1. The van der Waals surface area contributed by atoms with Crippen molar-refractivity contribution < 1.29 is 9.53 Å². The number of rotatable bonds is 6. The van der Waals surface area contributed by atoms with Crippen molar-refractivity contribution in [2.45, 2.75) is 52.7 Å². The Balaban J connectivity index is 2.10. The minimum atomic E-state index is -0.121. The molecule has 0 bridgehead atoms. The molecule has 0 radical (unpaired) electrons. The number of aromatic nitrogens is 3. The van der Waals surface area contributed by atoms with Gasteiger partial charge in [-0.1, -0.05) is 5.21 Å². The Morgan fingerprint density at radius 3 is 2.81 bits per heavy atom. The zero-order chi connectivity index (χ0) is 12.0. The third-order valence-electron chi connectivity index (χ3n) is 2.04. The van der Waals surface area contributed by atoms with Gasteiger partial charge in [0.15, 0.2) is 0 Å². The number of hydrogen-bond donors (Lipinski definition) is 0. The molecule has 90 valence electrons. The molecule has 0 unspecified atom stereocenters. The van der Waals surface area contributed by atoms with Crippen LogP contribution in [0.4, 0.5) is 0 Å². The molecule has 0 amide bonds. The second-order valence-corrected chi connectivity index (χ2v) is 4.12. The van der Waals surface area contributed by atoms with E-state index in [1.807, 2.05) is 27.0 Å². The third kappa shape index (κ3) is 4.91. The number of esters is 1. The summed E-state index contributed by atoms with van der Waals surface area (Å²) in [6.07, 6.45) is 4.09. The fourth-order valence-electron chi connectivity index (χ4n) is 1.37. The highest BCUT2D eigenvalue weighted by Crippen LogP contribution is 2.02. The summed E-state index contributed by atoms with van der Waals surface area (Å²) < 4.78 is 6.83. The molecule has 5 heteroatoms. The maximum absolute atomic E-state index is 11.2. The molecular formula is C11H19N3O2. The van der Waals surface area contributed by atoms with Crippen LogP contribution in [0, 0.1) is 6.92 Å². The van der Waals surface area contributed by atoms with E-state index in [-0.39, 0.29) is 12.1 Å². The van der Waals surface area contributed by atoms with Gasteiger partial charge in [-0.25, -0.2) is 0 Å². The minimum Gasteiger partial charge on any atom is -0.463 e. The van der Waals surface area contributed by atoms with E-state index >= 15 is 0 Å². The molecule has 16 heavy (non-hydrogen) atoms. The minimum absolute atomic E-state index is 0.0227. The van der Waals surface area contributed by atoms with Crippen LogP contribution in [-0.2, 0) is 16.1 Å². The molecule has 1 aromatic rings. The summed E-state index contributed by atoms with van der Waals surface area (Å²) in [5.74, 6) is -0.121. The van der Waals surface area contributed by atoms with E-state index < -0.39 is 0 Å². The standard InChI is InChI=1S/C11H19N3O2/c1-9(2)16-11(15)6-4-5-7-14-8-10(3)12-13-14/h8-9H,4-7H2,1-3H3. The number of unbranched alkanes of at least 4 members (excludes halogenated alkanes) is 1. The lowest BCUT2D eigenvalue weighted by atomic mass is 10.2. The van der Waals surface area contributed by atoms with Gasteiger partial charge in [-0.3, -0.25) is 9.48 Å². The molecule has 0 aliphatic heterocycles. The number of carbonyl (C=O) groups is 1. The first kappa shape index (κ1) is 12.7. The summed E-state index contributed by atoms with van der Waals surface area (Å²) in [6, 6.07) is 0. The number of aryl methyl sites for hydroxylation is 2. The van der Waals surface area contributed by atoms with E-state index in [0.29, 0.717) is 6.42 Å². The predicted molar refractivity (Wildman–Crippen MR) is 59.8 cm³/mol. The summed E-state index contributed by atoms with van der Waals surface area (Å²) in [7, 11) is 0. The van der Waals surface area contributed by atoms with Gasteiger partial charge >= 0.3 is 5.97 Å². The Morgan fingerprint density at radius 2 is 2.25 bits per heavy atom. The molecule has 0 spiro atoms. The number of hydrogen-bond acceptors (Lipinski definition) is 4. The largest absolute Gasteiger partial charge is 0.463 e. The first-order chi connectivity index (χ1) is 7.58. The van der Waals surface area contributed by atoms with Crippen LogP contribution in [0.15, 0.2) is 6.20 Å². The predicted octanol–water partition coefficient (Wildman–Crippen LogP) is 1.71. The fourth-order valence-corrected chi connectivity index (χ4v) is 1.37. The van der Waals surface area contributed by atoms with Crippen molar-refractivity contribution >= 4 is 5.97 Å². The summed E-state index contributed by atoms with van der Waals surface area (Å²) in [5.41, 5.74) is 0.916. The van der Waals surface area contributed by atoms with Gasteiger partial charge in [-0.15, -0.1) is 5.10 Å². The summed E-state index contributed by atoms with van der Waals surface area (Å²) in [5, 5.41) is 7.82. The van der Waals surface area contributed by atoms with Crippen molar-refractivity contribution in [1.82, 2.24) is 15.0 Å². The van der Waals surface area contributed by atoms with Gasteiger partial charge in [-0.2, -0.15) is 0 Å². The quantitative estimate of drug-likeness (QED) is 0.546. The summed E-state index contributed by atoms with van der Waals surface area (Å²) in [4.78, 5) is 11.2. The van der Waals surface area contributed by atoms with E-state index in [2.05, 4.69) is 10.3 Å². The van der Waals surface area contributed by atoms with Gasteiger partial charge < -0.3 is 4.74 Å². The van der Waals surface area contributed by atoms with Crippen LogP contribution < -0.4 is 0 Å². The lowest BCUT2D eigenvalue weighted by Crippen LogP contribution is -2.11. The lowest BCUT2D eigenvalue weighted by Gasteiger charge is -2.07. The molecule has 0 saturated carbocycles. The number of nitrogens with zero attached hydrogens (tertiary/aromatic N) is 3. The van der Waals surface area contributed by atoms with Crippen molar-refractivity contribution in [1.29, 1.82) is 0 Å². The molecule has 1 aromatic heterocycles. The highest BCUT2D eigenvalue weighted by molar-refractivity contribution is 5.69. The van der Waals surface area contributed by atoms with E-state index in [1.165, 1.54) is 0 Å². The van der Waals surface area contributed by atoms with Crippen molar-refractivity contribution in [2.75, 3.05) is 0 Å².